The lowest BCUT2D eigenvalue weighted by atomic mass is 10.1. The molecule has 0 aromatic heterocycles. The van der Waals surface area contributed by atoms with Gasteiger partial charge in [-0.25, -0.2) is 0 Å². The Morgan fingerprint density at radius 2 is 1.82 bits per heavy atom. The van der Waals surface area contributed by atoms with Crippen LogP contribution in [-0.2, 0) is 0 Å². The van der Waals surface area contributed by atoms with Gasteiger partial charge in [0, 0.05) is 11.8 Å². The zero-order valence-corrected chi connectivity index (χ0v) is 10.4. The maximum Gasteiger partial charge on any atom is 0.194 e. The van der Waals surface area contributed by atoms with Crippen LogP contribution in [0.2, 0.25) is 0 Å². The summed E-state index contributed by atoms with van der Waals surface area (Å²) in [5.41, 5.74) is 8.87. The molecule has 0 saturated heterocycles. The molecule has 17 heavy (non-hydrogen) atoms. The fourth-order valence-electron chi connectivity index (χ4n) is 1.79. The zero-order chi connectivity index (χ0) is 12.4. The Morgan fingerprint density at radius 1 is 1.18 bits per heavy atom. The molecule has 3 nitrogen and oxygen atoms in total. The molecule has 3 heteroatoms. The second-order valence-corrected chi connectivity index (χ2v) is 4.39. The quantitative estimate of drug-likeness (QED) is 0.820. The molecular weight excluding hydrogens is 212 g/mol. The molecule has 2 rings (SSSR count). The topological polar surface area (TPSA) is 47.3 Å². The Hall–Kier alpha value is -1.90. The van der Waals surface area contributed by atoms with Crippen LogP contribution in [0.4, 0.5) is 0 Å². The second kappa shape index (κ2) is 4.53. The Bertz CT molecular complexity index is 469. The van der Waals surface area contributed by atoms with E-state index in [4.69, 9.17) is 10.5 Å². The van der Waals surface area contributed by atoms with Crippen molar-refractivity contribution >= 4 is 0 Å². The highest BCUT2D eigenvalue weighted by molar-refractivity contribution is 5.41. The number of ether oxygens (including phenoxy) is 1. The number of allylic oxidation sites excluding steroid dienone is 2. The van der Waals surface area contributed by atoms with Crippen molar-refractivity contribution in [2.45, 2.75) is 26.8 Å². The van der Waals surface area contributed by atoms with E-state index in [9.17, 15) is 0 Å². The standard InChI is InChI=1S/C14H18N2O/c1-9-5-4-6-10(2)14(9)17-13-8-7-12(15)11(3)16-13/h4-8,11,16H,15H2,1-3H3. The van der Waals surface area contributed by atoms with Gasteiger partial charge in [-0.1, -0.05) is 18.2 Å². The van der Waals surface area contributed by atoms with E-state index in [0.29, 0.717) is 0 Å². The highest BCUT2D eigenvalue weighted by Crippen LogP contribution is 2.24. The molecule has 1 unspecified atom stereocenters. The van der Waals surface area contributed by atoms with Crippen molar-refractivity contribution in [1.82, 2.24) is 5.32 Å². The van der Waals surface area contributed by atoms with Crippen LogP contribution >= 0.6 is 0 Å². The van der Waals surface area contributed by atoms with Crippen LogP contribution in [0.3, 0.4) is 0 Å². The van der Waals surface area contributed by atoms with Gasteiger partial charge in [0.05, 0.1) is 6.04 Å². The normalized spacial score (nSPS) is 19.1. The first-order valence-electron chi connectivity index (χ1n) is 5.76. The van der Waals surface area contributed by atoms with Crippen molar-refractivity contribution in [1.29, 1.82) is 0 Å². The SMILES string of the molecule is Cc1cccc(C)c1OC1=CC=C(N)C(C)N1. The molecule has 1 aliphatic heterocycles. The lowest BCUT2D eigenvalue weighted by Crippen LogP contribution is -2.35. The first-order chi connectivity index (χ1) is 8.08. The van der Waals surface area contributed by atoms with E-state index >= 15 is 0 Å². The van der Waals surface area contributed by atoms with Gasteiger partial charge in [-0.3, -0.25) is 0 Å². The largest absolute Gasteiger partial charge is 0.441 e. The van der Waals surface area contributed by atoms with Crippen molar-refractivity contribution in [3.05, 3.63) is 53.1 Å². The average molecular weight is 230 g/mol. The first-order valence-corrected chi connectivity index (χ1v) is 5.76. The summed E-state index contributed by atoms with van der Waals surface area (Å²) in [4.78, 5) is 0. The van der Waals surface area contributed by atoms with Crippen LogP contribution in [0.25, 0.3) is 0 Å². The summed E-state index contributed by atoms with van der Waals surface area (Å²) in [6.07, 6.45) is 3.74. The lowest BCUT2D eigenvalue weighted by Gasteiger charge is -2.23. The number of para-hydroxylation sites is 1. The third-order valence-corrected chi connectivity index (χ3v) is 2.91. The van der Waals surface area contributed by atoms with Crippen molar-refractivity contribution in [2.24, 2.45) is 5.73 Å². The molecule has 90 valence electrons. The monoisotopic (exact) mass is 230 g/mol. The van der Waals surface area contributed by atoms with Crippen LogP contribution in [0.5, 0.6) is 5.75 Å². The van der Waals surface area contributed by atoms with Crippen molar-refractivity contribution in [3.8, 4) is 5.75 Å². The minimum atomic E-state index is 0.110. The Morgan fingerprint density at radius 3 is 2.41 bits per heavy atom. The van der Waals surface area contributed by atoms with Gasteiger partial charge in [-0.15, -0.1) is 0 Å². The highest BCUT2D eigenvalue weighted by Gasteiger charge is 2.13. The van der Waals surface area contributed by atoms with Gasteiger partial charge in [-0.05, 0) is 38.0 Å². The molecule has 0 bridgehead atoms. The summed E-state index contributed by atoms with van der Waals surface area (Å²) in [7, 11) is 0. The minimum Gasteiger partial charge on any atom is -0.441 e. The number of dihydropyridines is 1. The van der Waals surface area contributed by atoms with Crippen LogP contribution in [0.15, 0.2) is 41.9 Å². The molecule has 1 heterocycles. The molecule has 0 fully saturated rings. The van der Waals surface area contributed by atoms with Crippen molar-refractivity contribution in [2.75, 3.05) is 0 Å². The summed E-state index contributed by atoms with van der Waals surface area (Å²) in [5, 5.41) is 3.21. The Balaban J connectivity index is 2.23. The zero-order valence-electron chi connectivity index (χ0n) is 10.4. The van der Waals surface area contributed by atoms with Crippen LogP contribution in [-0.4, -0.2) is 6.04 Å². The molecule has 0 saturated carbocycles. The molecular formula is C14H18N2O. The average Bonchev–Trinajstić information content (AvgIpc) is 2.28. The molecule has 1 atom stereocenters. The number of hydrogen-bond donors (Lipinski definition) is 2. The fraction of sp³-hybridized carbons (Fsp3) is 0.286. The van der Waals surface area contributed by atoms with E-state index in [1.54, 1.807) is 0 Å². The molecule has 1 aromatic carbocycles. The maximum absolute atomic E-state index is 5.89. The maximum atomic E-state index is 5.89. The number of rotatable bonds is 2. The predicted molar refractivity (Wildman–Crippen MR) is 69.5 cm³/mol. The number of nitrogens with one attached hydrogen (secondary N) is 1. The van der Waals surface area contributed by atoms with Crippen LogP contribution < -0.4 is 15.8 Å². The lowest BCUT2D eigenvalue weighted by molar-refractivity contribution is 0.361. The van der Waals surface area contributed by atoms with Gasteiger partial charge in [0.25, 0.3) is 0 Å². The van der Waals surface area contributed by atoms with Crippen LogP contribution in [0, 0.1) is 13.8 Å². The number of benzene rings is 1. The van der Waals surface area contributed by atoms with Crippen LogP contribution in [0.1, 0.15) is 18.1 Å². The summed E-state index contributed by atoms with van der Waals surface area (Å²) < 4.78 is 5.89. The molecule has 0 amide bonds. The van der Waals surface area contributed by atoms with E-state index in [1.807, 2.05) is 51.1 Å². The number of hydrogen-bond acceptors (Lipinski definition) is 3. The number of aryl methyl sites for hydroxylation is 2. The van der Waals surface area contributed by atoms with Gasteiger partial charge in [-0.2, -0.15) is 0 Å². The van der Waals surface area contributed by atoms with E-state index in [0.717, 1.165) is 28.5 Å². The summed E-state index contributed by atoms with van der Waals surface area (Å²) >= 11 is 0. The summed E-state index contributed by atoms with van der Waals surface area (Å²) in [5.74, 6) is 1.65. The second-order valence-electron chi connectivity index (χ2n) is 4.39. The molecule has 1 aromatic rings. The number of nitrogens with two attached hydrogens (primary N) is 1. The third kappa shape index (κ3) is 2.44. The molecule has 0 spiro atoms. The molecule has 3 N–H and O–H groups in total. The third-order valence-electron chi connectivity index (χ3n) is 2.91. The summed E-state index contributed by atoms with van der Waals surface area (Å²) in [6.45, 7) is 6.09. The van der Waals surface area contributed by atoms with Gasteiger partial charge in [0.15, 0.2) is 5.88 Å². The minimum absolute atomic E-state index is 0.110. The van der Waals surface area contributed by atoms with Crippen molar-refractivity contribution in [3.63, 3.8) is 0 Å². The Kier molecular flexibility index (Phi) is 3.09. The smallest absolute Gasteiger partial charge is 0.194 e. The van der Waals surface area contributed by atoms with Gasteiger partial charge in [0.2, 0.25) is 0 Å². The van der Waals surface area contributed by atoms with Crippen molar-refractivity contribution < 1.29 is 4.74 Å². The summed E-state index contributed by atoms with van der Waals surface area (Å²) in [6, 6.07) is 6.22. The van der Waals surface area contributed by atoms with Gasteiger partial charge < -0.3 is 15.8 Å². The van der Waals surface area contributed by atoms with Gasteiger partial charge in [0.1, 0.15) is 5.75 Å². The van der Waals surface area contributed by atoms with E-state index in [-0.39, 0.29) is 6.04 Å². The highest BCUT2D eigenvalue weighted by atomic mass is 16.5. The Labute approximate surface area is 102 Å². The van der Waals surface area contributed by atoms with Gasteiger partial charge >= 0.3 is 0 Å². The molecule has 1 aliphatic rings. The predicted octanol–water partition coefficient (Wildman–Crippen LogP) is 2.36. The fourth-order valence-corrected chi connectivity index (χ4v) is 1.79. The molecule has 0 aliphatic carbocycles. The van der Waals surface area contributed by atoms with E-state index in [1.165, 1.54) is 0 Å². The molecule has 0 radical (unpaired) electrons. The first kappa shape index (κ1) is 11.6. The van der Waals surface area contributed by atoms with E-state index in [2.05, 4.69) is 5.32 Å². The van der Waals surface area contributed by atoms with E-state index < -0.39 is 0 Å².